The molecule has 1 amide bonds. The Morgan fingerprint density at radius 2 is 1.64 bits per heavy atom. The van der Waals surface area contributed by atoms with E-state index in [1.165, 1.54) is 0 Å². The maximum absolute atomic E-state index is 15.0. The number of ether oxygens (including phenoxy) is 2. The summed E-state index contributed by atoms with van der Waals surface area (Å²) in [5, 5.41) is 13.4. The molecule has 0 spiro atoms. The van der Waals surface area contributed by atoms with Crippen LogP contribution in [0.2, 0.25) is 0 Å². The van der Waals surface area contributed by atoms with Crippen molar-refractivity contribution in [2.75, 3.05) is 45.9 Å². The molecule has 10 heteroatoms. The number of hydrogen-bond acceptors (Lipinski definition) is 8. The third kappa shape index (κ3) is 10.9. The number of nitrogens with zero attached hydrogens (tertiary/aromatic N) is 1. The third-order valence-electron chi connectivity index (χ3n) is 8.54. The Hall–Kier alpha value is -1.33. The fraction of sp³-hybridized carbons (Fsp3) is 0.931. The van der Waals surface area contributed by atoms with Crippen LogP contribution in [-0.2, 0) is 19.1 Å². The molecule has 0 bridgehead atoms. The van der Waals surface area contributed by atoms with E-state index in [0.29, 0.717) is 30.9 Å². The van der Waals surface area contributed by atoms with Crippen molar-refractivity contribution in [1.29, 1.82) is 0 Å². The Bertz CT molecular complexity index is 746. The smallest absolute Gasteiger partial charge is 0.325 e. The van der Waals surface area contributed by atoms with Crippen molar-refractivity contribution in [2.24, 2.45) is 17.8 Å². The third-order valence-corrected chi connectivity index (χ3v) is 8.54. The van der Waals surface area contributed by atoms with E-state index >= 15 is 4.39 Å². The van der Waals surface area contributed by atoms with E-state index in [0.717, 1.165) is 71.4 Å². The van der Waals surface area contributed by atoms with Gasteiger partial charge in [-0.3, -0.25) is 25.5 Å². The van der Waals surface area contributed by atoms with Gasteiger partial charge in [-0.2, -0.15) is 0 Å². The summed E-state index contributed by atoms with van der Waals surface area (Å²) in [6, 6.07) is 0.471. The van der Waals surface area contributed by atoms with Crippen LogP contribution >= 0.6 is 0 Å². The van der Waals surface area contributed by atoms with Crippen LogP contribution in [0.4, 0.5) is 4.39 Å². The Kier molecular flexibility index (Phi) is 12.9. The molecule has 2 saturated carbocycles. The lowest BCUT2D eigenvalue weighted by atomic mass is 9.74. The van der Waals surface area contributed by atoms with Gasteiger partial charge in [-0.1, -0.05) is 13.8 Å². The van der Waals surface area contributed by atoms with Gasteiger partial charge in [0.15, 0.2) is 0 Å². The van der Waals surface area contributed by atoms with E-state index in [-0.39, 0.29) is 24.7 Å². The number of amides is 1. The quantitative estimate of drug-likeness (QED) is 0.273. The highest BCUT2D eigenvalue weighted by molar-refractivity contribution is 5.84. The van der Waals surface area contributed by atoms with Crippen LogP contribution in [0.5, 0.6) is 0 Å². The van der Waals surface area contributed by atoms with E-state index in [1.54, 1.807) is 20.8 Å². The van der Waals surface area contributed by atoms with Crippen LogP contribution in [0.1, 0.15) is 79.6 Å². The zero-order chi connectivity index (χ0) is 28.4. The number of carbonyl (C=O) groups is 2. The lowest BCUT2D eigenvalue weighted by Gasteiger charge is -2.41. The first-order valence-corrected chi connectivity index (χ1v) is 15.3. The number of carbonyl (C=O) groups excluding carboxylic acids is 2. The highest BCUT2D eigenvalue weighted by atomic mass is 19.1. The minimum Gasteiger partial charge on any atom is -0.459 e. The lowest BCUT2D eigenvalue weighted by Crippen LogP contribution is -2.63. The van der Waals surface area contributed by atoms with Gasteiger partial charge in [0, 0.05) is 25.7 Å². The number of alkyl halides is 1. The van der Waals surface area contributed by atoms with Crippen molar-refractivity contribution in [3.8, 4) is 0 Å². The second-order valence-electron chi connectivity index (χ2n) is 12.5. The number of halogens is 1. The molecule has 0 radical (unpaired) electrons. The van der Waals surface area contributed by atoms with Gasteiger partial charge in [0.05, 0.1) is 18.6 Å². The van der Waals surface area contributed by atoms with Crippen molar-refractivity contribution < 1.29 is 23.5 Å². The number of hydrogen-bond donors (Lipinski definition) is 4. The molecule has 3 unspecified atom stereocenters. The van der Waals surface area contributed by atoms with E-state index < -0.39 is 23.7 Å². The predicted octanol–water partition coefficient (Wildman–Crippen LogP) is 2.55. The normalized spacial score (nSPS) is 32.1. The molecular formula is C29H54FN5O4. The van der Waals surface area contributed by atoms with Gasteiger partial charge < -0.3 is 19.7 Å². The Balaban J connectivity index is 1.29. The number of nitrogens with one attached hydrogen (secondary N) is 4. The molecule has 226 valence electrons. The second-order valence-corrected chi connectivity index (χ2v) is 12.5. The topological polar surface area (TPSA) is 104 Å². The van der Waals surface area contributed by atoms with Crippen molar-refractivity contribution in [3.63, 3.8) is 0 Å². The van der Waals surface area contributed by atoms with Crippen LogP contribution in [0.3, 0.4) is 0 Å². The number of rotatable bonds is 12. The van der Waals surface area contributed by atoms with Crippen LogP contribution < -0.4 is 21.3 Å². The minimum atomic E-state index is -1.19. The van der Waals surface area contributed by atoms with Gasteiger partial charge in [0.2, 0.25) is 5.91 Å². The van der Waals surface area contributed by atoms with E-state index in [4.69, 9.17) is 9.47 Å². The summed E-state index contributed by atoms with van der Waals surface area (Å²) in [6.07, 6.45) is 5.37. The Labute approximate surface area is 235 Å². The maximum Gasteiger partial charge on any atom is 0.325 e. The van der Waals surface area contributed by atoms with Crippen molar-refractivity contribution in [1.82, 2.24) is 26.2 Å². The molecule has 3 aliphatic rings. The average Bonchev–Trinajstić information content (AvgIpc) is 2.90. The molecule has 2 aliphatic carbocycles. The van der Waals surface area contributed by atoms with E-state index in [2.05, 4.69) is 40.0 Å². The van der Waals surface area contributed by atoms with Gasteiger partial charge in [0.25, 0.3) is 0 Å². The van der Waals surface area contributed by atoms with Gasteiger partial charge in [-0.05, 0) is 90.6 Å². The molecule has 1 saturated heterocycles. The highest BCUT2D eigenvalue weighted by Gasteiger charge is 2.39. The average molecular weight is 556 g/mol. The molecule has 0 aromatic carbocycles. The molecule has 9 nitrogen and oxygen atoms in total. The molecule has 0 aromatic rings. The number of esters is 1. The second kappa shape index (κ2) is 15.6. The van der Waals surface area contributed by atoms with Crippen LogP contribution in [0.15, 0.2) is 0 Å². The zero-order valence-corrected chi connectivity index (χ0v) is 24.9. The molecule has 1 heterocycles. The molecule has 0 aromatic heterocycles. The summed E-state index contributed by atoms with van der Waals surface area (Å²) in [7, 11) is 0. The summed E-state index contributed by atoms with van der Waals surface area (Å²) >= 11 is 0. The summed E-state index contributed by atoms with van der Waals surface area (Å²) in [5.41, 5.74) is -0.613. The van der Waals surface area contributed by atoms with Crippen molar-refractivity contribution in [3.05, 3.63) is 0 Å². The molecule has 39 heavy (non-hydrogen) atoms. The monoisotopic (exact) mass is 555 g/mol. The summed E-state index contributed by atoms with van der Waals surface area (Å²) in [6.45, 7) is 15.1. The molecule has 3 fully saturated rings. The van der Waals surface area contributed by atoms with Crippen molar-refractivity contribution >= 4 is 11.9 Å². The van der Waals surface area contributed by atoms with Gasteiger partial charge in [-0.15, -0.1) is 0 Å². The standard InChI is InChI=1S/C29H54FN5O4/c1-6-35(7-2)14-15-38-23-11-9-22(10-12-23)34-28-32-17-21(18-33-28)20-8-13-24(25(30)16-20)27(37)31-19-26(36)39-29(3,4)5/h20-25,28,32-34H,6-19H2,1-5H3,(H,31,37). The van der Waals surface area contributed by atoms with Gasteiger partial charge >= 0.3 is 5.97 Å². The van der Waals surface area contributed by atoms with Crippen LogP contribution in [0.25, 0.3) is 0 Å². The van der Waals surface area contributed by atoms with E-state index in [9.17, 15) is 9.59 Å². The maximum atomic E-state index is 15.0. The summed E-state index contributed by atoms with van der Waals surface area (Å²) in [4.78, 5) is 26.8. The van der Waals surface area contributed by atoms with Crippen LogP contribution in [-0.4, -0.2) is 92.9 Å². The first kappa shape index (κ1) is 32.2. The zero-order valence-electron chi connectivity index (χ0n) is 24.9. The first-order valence-electron chi connectivity index (χ1n) is 15.3. The van der Waals surface area contributed by atoms with Gasteiger partial charge in [0.1, 0.15) is 24.6 Å². The molecular weight excluding hydrogens is 501 g/mol. The Morgan fingerprint density at radius 3 is 2.23 bits per heavy atom. The van der Waals surface area contributed by atoms with Gasteiger partial charge in [-0.25, -0.2) is 4.39 Å². The van der Waals surface area contributed by atoms with Crippen molar-refractivity contribution in [2.45, 2.75) is 110 Å². The first-order chi connectivity index (χ1) is 18.6. The fourth-order valence-electron chi connectivity index (χ4n) is 6.19. The minimum absolute atomic E-state index is 0.0718. The fourth-order valence-corrected chi connectivity index (χ4v) is 6.19. The molecule has 1 aliphatic heterocycles. The molecule has 3 rings (SSSR count). The lowest BCUT2D eigenvalue weighted by molar-refractivity contribution is -0.155. The molecule has 4 N–H and O–H groups in total. The summed E-state index contributed by atoms with van der Waals surface area (Å²) < 4.78 is 26.4. The largest absolute Gasteiger partial charge is 0.459 e. The summed E-state index contributed by atoms with van der Waals surface area (Å²) in [5.74, 6) is -1.02. The highest BCUT2D eigenvalue weighted by Crippen LogP contribution is 2.36. The van der Waals surface area contributed by atoms with Crippen LogP contribution in [0, 0.1) is 17.8 Å². The Morgan fingerprint density at radius 1 is 0.974 bits per heavy atom. The number of likely N-dealkylation sites (N-methyl/N-ethyl adjacent to an activating group) is 1. The van der Waals surface area contributed by atoms with E-state index in [1.807, 2.05) is 0 Å². The molecule has 3 atom stereocenters. The predicted molar refractivity (Wildman–Crippen MR) is 151 cm³/mol. The SMILES string of the molecule is CCN(CC)CCOC1CCC(NC2NCC(C3CCC(C(=O)NCC(=O)OC(C)(C)C)C(F)C3)CN2)CC1.